The van der Waals surface area contributed by atoms with E-state index in [1.54, 1.807) is 6.07 Å². The van der Waals surface area contributed by atoms with Gasteiger partial charge in [0.15, 0.2) is 0 Å². The van der Waals surface area contributed by atoms with Crippen LogP contribution in [0, 0.1) is 0 Å². The van der Waals surface area contributed by atoms with Crippen molar-refractivity contribution in [2.24, 2.45) is 5.73 Å². The molecule has 1 amide bonds. The minimum Gasteiger partial charge on any atom is -0.480 e. The summed E-state index contributed by atoms with van der Waals surface area (Å²) in [6.07, 6.45) is 1.61. The number of aromatic nitrogens is 1. The van der Waals surface area contributed by atoms with Crippen molar-refractivity contribution in [2.75, 3.05) is 0 Å². The number of carbonyl (C=O) groups is 2. The van der Waals surface area contributed by atoms with Gasteiger partial charge in [0.05, 0.1) is 0 Å². The first-order valence-electron chi connectivity index (χ1n) is 5.41. The van der Waals surface area contributed by atoms with E-state index in [9.17, 15) is 14.4 Å². The number of nitrogens with two attached hydrogens (primary N) is 1. The number of carbonyl (C=O) groups excluding carboxylic acids is 1. The highest BCUT2D eigenvalue weighted by Gasteiger charge is 2.13. The average molecular weight is 253 g/mol. The first-order chi connectivity index (χ1) is 8.49. The lowest BCUT2D eigenvalue weighted by molar-refractivity contribution is -0.138. The van der Waals surface area contributed by atoms with E-state index in [-0.39, 0.29) is 30.9 Å². The molecule has 0 aliphatic rings. The second-order valence-corrected chi connectivity index (χ2v) is 3.82. The molecule has 0 fully saturated rings. The molecule has 1 rings (SSSR count). The van der Waals surface area contributed by atoms with Crippen LogP contribution in [0.15, 0.2) is 23.1 Å². The summed E-state index contributed by atoms with van der Waals surface area (Å²) >= 11 is 0. The van der Waals surface area contributed by atoms with Gasteiger partial charge in [-0.2, -0.15) is 0 Å². The van der Waals surface area contributed by atoms with Crippen LogP contribution in [0.2, 0.25) is 0 Å². The van der Waals surface area contributed by atoms with Crippen LogP contribution in [-0.4, -0.2) is 28.0 Å². The van der Waals surface area contributed by atoms with Crippen molar-refractivity contribution >= 4 is 11.9 Å². The average Bonchev–Trinajstić information content (AvgIpc) is 2.33. The number of pyridine rings is 1. The summed E-state index contributed by atoms with van der Waals surface area (Å²) in [5.74, 6) is -1.43. The standard InChI is InChI=1S/C11H15N3O4/c12-8(11(17)18)1-2-9(15)14-6-7-3-4-13-10(16)5-7/h3-5,8H,1-2,6,12H2,(H,13,16)(H,14,15)(H,17,18)/t8-/m0/s1. The lowest BCUT2D eigenvalue weighted by Gasteiger charge is -2.07. The van der Waals surface area contributed by atoms with Crippen LogP contribution < -0.4 is 16.6 Å². The zero-order chi connectivity index (χ0) is 13.5. The number of carboxylic acid groups (broad SMARTS) is 1. The first kappa shape index (κ1) is 13.9. The SMILES string of the molecule is N[C@@H](CCC(=O)NCc1cc[nH]c(=O)c1)C(=O)O. The molecule has 1 heterocycles. The van der Waals surface area contributed by atoms with Gasteiger partial charge in [-0.1, -0.05) is 0 Å². The van der Waals surface area contributed by atoms with Gasteiger partial charge in [0.25, 0.3) is 0 Å². The van der Waals surface area contributed by atoms with Crippen LogP contribution in [0.3, 0.4) is 0 Å². The summed E-state index contributed by atoms with van der Waals surface area (Å²) in [5, 5.41) is 11.1. The number of nitrogens with one attached hydrogen (secondary N) is 2. The van der Waals surface area contributed by atoms with E-state index < -0.39 is 12.0 Å². The molecule has 18 heavy (non-hydrogen) atoms. The summed E-state index contributed by atoms with van der Waals surface area (Å²) in [6, 6.07) is 2.02. The van der Waals surface area contributed by atoms with Crippen LogP contribution in [0.25, 0.3) is 0 Å². The molecule has 0 saturated carbocycles. The third kappa shape index (κ3) is 4.79. The molecule has 1 aromatic rings. The van der Waals surface area contributed by atoms with Gasteiger partial charge in [0.2, 0.25) is 11.5 Å². The Labute approximate surface area is 103 Å². The number of aromatic amines is 1. The molecule has 7 heteroatoms. The van der Waals surface area contributed by atoms with Crippen LogP contribution in [0.4, 0.5) is 0 Å². The van der Waals surface area contributed by atoms with Gasteiger partial charge in [-0.3, -0.25) is 14.4 Å². The van der Waals surface area contributed by atoms with Crippen molar-refractivity contribution in [3.05, 3.63) is 34.2 Å². The van der Waals surface area contributed by atoms with E-state index in [4.69, 9.17) is 10.8 Å². The highest BCUT2D eigenvalue weighted by atomic mass is 16.4. The molecule has 98 valence electrons. The molecule has 5 N–H and O–H groups in total. The zero-order valence-corrected chi connectivity index (χ0v) is 9.68. The number of hydrogen-bond acceptors (Lipinski definition) is 4. The van der Waals surface area contributed by atoms with Gasteiger partial charge in [0.1, 0.15) is 6.04 Å². The van der Waals surface area contributed by atoms with Crippen molar-refractivity contribution in [1.82, 2.24) is 10.3 Å². The molecule has 7 nitrogen and oxygen atoms in total. The highest BCUT2D eigenvalue weighted by molar-refractivity contribution is 5.78. The smallest absolute Gasteiger partial charge is 0.320 e. The molecule has 1 aromatic heterocycles. The Morgan fingerprint density at radius 3 is 2.83 bits per heavy atom. The predicted octanol–water partition coefficient (Wildman–Crippen LogP) is -0.817. The third-order valence-corrected chi connectivity index (χ3v) is 2.33. The van der Waals surface area contributed by atoms with E-state index >= 15 is 0 Å². The van der Waals surface area contributed by atoms with Crippen molar-refractivity contribution in [3.8, 4) is 0 Å². The number of aliphatic carboxylic acids is 1. The monoisotopic (exact) mass is 253 g/mol. The van der Waals surface area contributed by atoms with E-state index in [0.29, 0.717) is 5.56 Å². The molecule has 0 aliphatic carbocycles. The summed E-state index contributed by atoms with van der Waals surface area (Å²) in [6.45, 7) is 0.227. The Hall–Kier alpha value is -2.15. The van der Waals surface area contributed by atoms with Gasteiger partial charge >= 0.3 is 5.97 Å². The van der Waals surface area contributed by atoms with Gasteiger partial charge in [0, 0.05) is 25.2 Å². The van der Waals surface area contributed by atoms with E-state index in [2.05, 4.69) is 10.3 Å². The molecule has 0 aliphatic heterocycles. The normalized spacial score (nSPS) is 11.8. The van der Waals surface area contributed by atoms with E-state index in [1.807, 2.05) is 0 Å². The van der Waals surface area contributed by atoms with Crippen molar-refractivity contribution in [2.45, 2.75) is 25.4 Å². The molecule has 0 spiro atoms. The maximum Gasteiger partial charge on any atom is 0.320 e. The van der Waals surface area contributed by atoms with Crippen LogP contribution >= 0.6 is 0 Å². The van der Waals surface area contributed by atoms with Crippen LogP contribution in [-0.2, 0) is 16.1 Å². The van der Waals surface area contributed by atoms with Gasteiger partial charge < -0.3 is 21.1 Å². The molecule has 0 unspecified atom stereocenters. The third-order valence-electron chi connectivity index (χ3n) is 2.33. The Morgan fingerprint density at radius 2 is 2.22 bits per heavy atom. The largest absolute Gasteiger partial charge is 0.480 e. The lowest BCUT2D eigenvalue weighted by Crippen LogP contribution is -2.32. The minimum absolute atomic E-state index is 0.0384. The van der Waals surface area contributed by atoms with Gasteiger partial charge in [-0.25, -0.2) is 0 Å². The Balaban J connectivity index is 2.33. The Kier molecular flexibility index (Phi) is 5.06. The summed E-state index contributed by atoms with van der Waals surface area (Å²) in [4.78, 5) is 35.3. The maximum atomic E-state index is 11.4. The summed E-state index contributed by atoms with van der Waals surface area (Å²) in [7, 11) is 0. The molecule has 1 atom stereocenters. The van der Waals surface area contributed by atoms with E-state index in [0.717, 1.165) is 0 Å². The van der Waals surface area contributed by atoms with E-state index in [1.165, 1.54) is 12.3 Å². The zero-order valence-electron chi connectivity index (χ0n) is 9.68. The molecule has 0 saturated heterocycles. The van der Waals surface area contributed by atoms with Gasteiger partial charge in [-0.05, 0) is 18.1 Å². The maximum absolute atomic E-state index is 11.4. The number of amides is 1. The van der Waals surface area contributed by atoms with Gasteiger partial charge in [-0.15, -0.1) is 0 Å². The second-order valence-electron chi connectivity index (χ2n) is 3.82. The number of hydrogen-bond donors (Lipinski definition) is 4. The number of carboxylic acids is 1. The molecule has 0 aromatic carbocycles. The lowest BCUT2D eigenvalue weighted by atomic mass is 10.1. The quantitative estimate of drug-likeness (QED) is 0.527. The van der Waals surface area contributed by atoms with Crippen molar-refractivity contribution in [1.29, 1.82) is 0 Å². The topological polar surface area (TPSA) is 125 Å². The molecular formula is C11H15N3O4. The molecule has 0 bridgehead atoms. The highest BCUT2D eigenvalue weighted by Crippen LogP contribution is 1.97. The fourth-order valence-corrected chi connectivity index (χ4v) is 1.30. The second kappa shape index (κ2) is 6.55. The molecule has 0 radical (unpaired) electrons. The van der Waals surface area contributed by atoms with Crippen molar-refractivity contribution < 1.29 is 14.7 Å². The van der Waals surface area contributed by atoms with Crippen LogP contribution in [0.1, 0.15) is 18.4 Å². The Bertz CT molecular complexity index is 483. The van der Waals surface area contributed by atoms with Crippen molar-refractivity contribution in [3.63, 3.8) is 0 Å². The first-order valence-corrected chi connectivity index (χ1v) is 5.41. The Morgan fingerprint density at radius 1 is 1.50 bits per heavy atom. The number of H-pyrrole nitrogens is 1. The minimum atomic E-state index is -1.13. The summed E-state index contributed by atoms with van der Waals surface area (Å²) in [5.41, 5.74) is 5.70. The van der Waals surface area contributed by atoms with Crippen LogP contribution in [0.5, 0.6) is 0 Å². The summed E-state index contributed by atoms with van der Waals surface area (Å²) < 4.78 is 0. The predicted molar refractivity (Wildman–Crippen MR) is 63.8 cm³/mol. The fourth-order valence-electron chi connectivity index (χ4n) is 1.30. The fraction of sp³-hybridized carbons (Fsp3) is 0.364. The number of rotatable bonds is 6. The molecular weight excluding hydrogens is 238 g/mol.